The molecule has 4 nitrogen and oxygen atoms in total. The molecule has 20 heavy (non-hydrogen) atoms. The van der Waals surface area contributed by atoms with Gasteiger partial charge in [0.2, 0.25) is 0 Å². The first-order valence-corrected chi connectivity index (χ1v) is 8.29. The molecule has 0 aliphatic carbocycles. The molecule has 0 amide bonds. The maximum absolute atomic E-state index is 12.8. The molecule has 1 aromatic carbocycles. The van der Waals surface area contributed by atoms with Gasteiger partial charge in [-0.05, 0) is 20.3 Å². The van der Waals surface area contributed by atoms with Crippen LogP contribution in [0.4, 0.5) is 0 Å². The SMILES string of the molecule is C=CCC(C(=O)c1ccccc1)P(=O)(OCC)OCC. The highest BCUT2D eigenvalue weighted by atomic mass is 31.2. The average Bonchev–Trinajstić information content (AvgIpc) is 2.45. The van der Waals surface area contributed by atoms with E-state index in [0.29, 0.717) is 5.56 Å². The third kappa shape index (κ3) is 4.14. The first-order chi connectivity index (χ1) is 9.59. The van der Waals surface area contributed by atoms with Gasteiger partial charge in [-0.25, -0.2) is 0 Å². The molecule has 0 fully saturated rings. The van der Waals surface area contributed by atoms with Crippen LogP contribution in [0.3, 0.4) is 0 Å². The Kier molecular flexibility index (Phi) is 6.86. The van der Waals surface area contributed by atoms with Crippen LogP contribution >= 0.6 is 7.60 Å². The van der Waals surface area contributed by atoms with Gasteiger partial charge in [-0.15, -0.1) is 6.58 Å². The maximum Gasteiger partial charge on any atom is 0.341 e. The number of hydrogen-bond donors (Lipinski definition) is 0. The fourth-order valence-corrected chi connectivity index (χ4v) is 3.91. The minimum atomic E-state index is -3.49. The quantitative estimate of drug-likeness (QED) is 0.391. The van der Waals surface area contributed by atoms with Gasteiger partial charge in [-0.2, -0.15) is 0 Å². The Balaban J connectivity index is 3.11. The molecule has 0 radical (unpaired) electrons. The lowest BCUT2D eigenvalue weighted by molar-refractivity contribution is 0.0968. The van der Waals surface area contributed by atoms with Gasteiger partial charge in [-0.1, -0.05) is 36.4 Å². The van der Waals surface area contributed by atoms with Crippen molar-refractivity contribution in [3.05, 3.63) is 48.6 Å². The molecule has 0 bridgehead atoms. The highest BCUT2D eigenvalue weighted by Crippen LogP contribution is 2.55. The Morgan fingerprint density at radius 1 is 1.25 bits per heavy atom. The van der Waals surface area contributed by atoms with Crippen molar-refractivity contribution in [1.29, 1.82) is 0 Å². The van der Waals surface area contributed by atoms with E-state index in [9.17, 15) is 9.36 Å². The van der Waals surface area contributed by atoms with Crippen molar-refractivity contribution in [2.24, 2.45) is 0 Å². The number of carbonyl (C=O) groups is 1. The predicted molar refractivity (Wildman–Crippen MR) is 80.2 cm³/mol. The van der Waals surface area contributed by atoms with Crippen LogP contribution in [0.25, 0.3) is 0 Å². The summed E-state index contributed by atoms with van der Waals surface area (Å²) >= 11 is 0. The summed E-state index contributed by atoms with van der Waals surface area (Å²) in [7, 11) is -3.49. The van der Waals surface area contributed by atoms with Crippen molar-refractivity contribution in [3.8, 4) is 0 Å². The van der Waals surface area contributed by atoms with Crippen LogP contribution in [-0.2, 0) is 13.6 Å². The van der Waals surface area contributed by atoms with E-state index in [-0.39, 0.29) is 25.4 Å². The molecule has 0 spiro atoms. The lowest BCUT2D eigenvalue weighted by Gasteiger charge is -2.24. The fraction of sp³-hybridized carbons (Fsp3) is 0.400. The van der Waals surface area contributed by atoms with Gasteiger partial charge >= 0.3 is 7.60 Å². The Hall–Kier alpha value is -1.22. The molecule has 0 saturated carbocycles. The summed E-state index contributed by atoms with van der Waals surface area (Å²) in [5.41, 5.74) is -0.346. The summed E-state index contributed by atoms with van der Waals surface area (Å²) in [6, 6.07) is 8.75. The second-order valence-electron chi connectivity index (χ2n) is 4.15. The lowest BCUT2D eigenvalue weighted by Crippen LogP contribution is -2.23. The molecular weight excluding hydrogens is 275 g/mol. The second-order valence-corrected chi connectivity index (χ2v) is 6.37. The first kappa shape index (κ1) is 16.8. The zero-order valence-electron chi connectivity index (χ0n) is 12.0. The van der Waals surface area contributed by atoms with Gasteiger partial charge in [0.1, 0.15) is 5.66 Å². The number of rotatable bonds is 9. The van der Waals surface area contributed by atoms with Crippen LogP contribution in [0.1, 0.15) is 30.6 Å². The Morgan fingerprint density at radius 2 is 1.80 bits per heavy atom. The largest absolute Gasteiger partial charge is 0.341 e. The summed E-state index contributed by atoms with van der Waals surface area (Å²) in [6.07, 6.45) is 1.82. The molecule has 1 rings (SSSR count). The summed E-state index contributed by atoms with van der Waals surface area (Å²) in [5.74, 6) is -0.240. The smallest absolute Gasteiger partial charge is 0.308 e. The van der Waals surface area contributed by atoms with E-state index in [0.717, 1.165) is 0 Å². The van der Waals surface area contributed by atoms with Crippen LogP contribution in [0.2, 0.25) is 0 Å². The first-order valence-electron chi connectivity index (χ1n) is 6.68. The topological polar surface area (TPSA) is 52.6 Å². The molecule has 0 aliphatic heterocycles. The van der Waals surface area contributed by atoms with Gasteiger partial charge in [0.15, 0.2) is 5.78 Å². The second kappa shape index (κ2) is 8.15. The standard InChI is InChI=1S/C15H21O4P/c1-4-10-14(20(17,18-5-2)19-6-3)15(16)13-11-8-7-9-12-13/h4,7-9,11-12,14H,1,5-6,10H2,2-3H3. The molecule has 1 aromatic rings. The number of carbonyl (C=O) groups excluding carboxylic acids is 1. The van der Waals surface area contributed by atoms with E-state index in [2.05, 4.69) is 6.58 Å². The minimum Gasteiger partial charge on any atom is -0.308 e. The normalized spacial score (nSPS) is 12.9. The zero-order chi connectivity index (χ0) is 15.0. The number of hydrogen-bond acceptors (Lipinski definition) is 4. The summed E-state index contributed by atoms with van der Waals surface area (Å²) in [6.45, 7) is 7.54. The Labute approximate surface area is 120 Å². The number of ketones is 1. The molecule has 0 aromatic heterocycles. The van der Waals surface area contributed by atoms with E-state index < -0.39 is 13.3 Å². The van der Waals surface area contributed by atoms with Crippen LogP contribution in [-0.4, -0.2) is 24.7 Å². The van der Waals surface area contributed by atoms with Gasteiger partial charge in [0, 0.05) is 5.56 Å². The summed E-state index contributed by atoms with van der Waals surface area (Å²) in [4.78, 5) is 12.6. The molecule has 110 valence electrons. The van der Waals surface area contributed by atoms with Crippen molar-refractivity contribution in [1.82, 2.24) is 0 Å². The fourth-order valence-electron chi connectivity index (χ4n) is 1.91. The zero-order valence-corrected chi connectivity index (χ0v) is 12.8. The van der Waals surface area contributed by atoms with Gasteiger partial charge < -0.3 is 9.05 Å². The van der Waals surface area contributed by atoms with Crippen LogP contribution in [0.15, 0.2) is 43.0 Å². The lowest BCUT2D eigenvalue weighted by atomic mass is 10.1. The highest BCUT2D eigenvalue weighted by Gasteiger charge is 2.40. The molecular formula is C15H21O4P. The third-order valence-electron chi connectivity index (χ3n) is 2.75. The molecule has 0 heterocycles. The molecule has 1 atom stereocenters. The van der Waals surface area contributed by atoms with Crippen LogP contribution in [0, 0.1) is 0 Å². The van der Waals surface area contributed by atoms with E-state index in [1.165, 1.54) is 0 Å². The monoisotopic (exact) mass is 296 g/mol. The molecule has 0 saturated heterocycles. The van der Waals surface area contributed by atoms with Gasteiger partial charge in [-0.3, -0.25) is 9.36 Å². The number of benzene rings is 1. The summed E-state index contributed by atoms with van der Waals surface area (Å²) in [5, 5.41) is 0. The van der Waals surface area contributed by atoms with E-state index >= 15 is 0 Å². The van der Waals surface area contributed by atoms with Crippen molar-refractivity contribution >= 4 is 13.4 Å². The molecule has 5 heteroatoms. The number of Topliss-reactive ketones (excluding diaryl/α,β-unsaturated/α-hetero) is 1. The number of allylic oxidation sites excluding steroid dienone is 1. The van der Waals surface area contributed by atoms with Crippen LogP contribution in [0.5, 0.6) is 0 Å². The predicted octanol–water partition coefficient (Wildman–Crippen LogP) is 4.08. The maximum atomic E-state index is 12.8. The van der Waals surface area contributed by atoms with Gasteiger partial charge in [0.05, 0.1) is 13.2 Å². The van der Waals surface area contributed by atoms with E-state index in [1.54, 1.807) is 44.2 Å². The third-order valence-corrected chi connectivity index (χ3v) is 5.20. The average molecular weight is 296 g/mol. The Bertz CT molecular complexity index is 474. The summed E-state index contributed by atoms with van der Waals surface area (Å²) < 4.78 is 23.4. The van der Waals surface area contributed by atoms with Crippen molar-refractivity contribution < 1.29 is 18.4 Å². The molecule has 1 unspecified atom stereocenters. The Morgan fingerprint density at radius 3 is 2.25 bits per heavy atom. The highest BCUT2D eigenvalue weighted by molar-refractivity contribution is 7.55. The van der Waals surface area contributed by atoms with Gasteiger partial charge in [0.25, 0.3) is 0 Å². The minimum absolute atomic E-state index is 0.229. The van der Waals surface area contributed by atoms with E-state index in [1.807, 2.05) is 6.07 Å². The van der Waals surface area contributed by atoms with E-state index in [4.69, 9.17) is 9.05 Å². The van der Waals surface area contributed by atoms with Crippen LogP contribution < -0.4 is 0 Å². The van der Waals surface area contributed by atoms with Crippen molar-refractivity contribution in [2.45, 2.75) is 25.9 Å². The van der Waals surface area contributed by atoms with Crippen molar-refractivity contribution in [2.75, 3.05) is 13.2 Å². The molecule has 0 aliphatic rings. The van der Waals surface area contributed by atoms with Crippen molar-refractivity contribution in [3.63, 3.8) is 0 Å². The molecule has 0 N–H and O–H groups in total.